The van der Waals surface area contributed by atoms with Crippen molar-refractivity contribution in [3.05, 3.63) is 22.0 Å². The molecule has 0 aliphatic rings. The lowest BCUT2D eigenvalue weighted by Gasteiger charge is -1.95. The number of pyridine rings is 1. The van der Waals surface area contributed by atoms with Crippen molar-refractivity contribution >= 4 is 37.5 Å². The Hall–Kier alpha value is -0.610. The summed E-state index contributed by atoms with van der Waals surface area (Å²) in [5, 5.41) is 1.15. The number of hydrogen-bond donors (Lipinski definition) is 0. The Bertz CT molecular complexity index is 412. The number of nitrogens with zero attached hydrogens (tertiary/aromatic N) is 1. The van der Waals surface area contributed by atoms with Crippen LogP contribution in [-0.4, -0.2) is 12.1 Å². The minimum Gasteiger partial charge on any atom is -0.481 e. The number of aromatic nitrogens is 1. The molecule has 0 aromatic carbocycles. The van der Waals surface area contributed by atoms with Crippen LogP contribution in [0.1, 0.15) is 0 Å². The van der Waals surface area contributed by atoms with E-state index in [0.29, 0.717) is 5.88 Å². The Balaban J connectivity index is 2.66. The second-order valence-corrected chi connectivity index (χ2v) is 4.71. The summed E-state index contributed by atoms with van der Waals surface area (Å²) in [7, 11) is 1.62. The van der Waals surface area contributed by atoms with Crippen LogP contribution in [0.3, 0.4) is 0 Å². The van der Waals surface area contributed by atoms with Crippen LogP contribution in [0.15, 0.2) is 22.0 Å². The zero-order valence-electron chi connectivity index (χ0n) is 6.37. The molecule has 4 heteroatoms. The maximum atomic E-state index is 5.01. The predicted molar refractivity (Wildman–Crippen MR) is 53.9 cm³/mol. The molecule has 2 heterocycles. The monoisotopic (exact) mass is 243 g/mol. The Labute approximate surface area is 82.3 Å². The van der Waals surface area contributed by atoms with Gasteiger partial charge in [-0.05, 0) is 28.1 Å². The highest BCUT2D eigenvalue weighted by molar-refractivity contribution is 9.11. The minimum absolute atomic E-state index is 0.664. The third-order valence-electron chi connectivity index (χ3n) is 1.54. The van der Waals surface area contributed by atoms with Gasteiger partial charge in [0.05, 0.1) is 10.9 Å². The molecule has 0 unspecified atom stereocenters. The van der Waals surface area contributed by atoms with Gasteiger partial charge in [-0.3, -0.25) is 0 Å². The van der Waals surface area contributed by atoms with Crippen molar-refractivity contribution in [1.82, 2.24) is 4.98 Å². The smallest absolute Gasteiger partial charge is 0.214 e. The average molecular weight is 244 g/mol. The standard InChI is InChI=1S/C8H6BrNOS/c1-11-7-3-2-5-4-6(9)12-8(5)10-7/h2-4H,1H3. The van der Waals surface area contributed by atoms with E-state index in [1.54, 1.807) is 18.4 Å². The molecule has 0 saturated heterocycles. The maximum Gasteiger partial charge on any atom is 0.214 e. The molecule has 0 bridgehead atoms. The van der Waals surface area contributed by atoms with Crippen LogP contribution >= 0.6 is 27.3 Å². The Morgan fingerprint density at radius 1 is 1.50 bits per heavy atom. The van der Waals surface area contributed by atoms with Crippen LogP contribution in [0, 0.1) is 0 Å². The van der Waals surface area contributed by atoms with Crippen LogP contribution in [0.5, 0.6) is 5.88 Å². The van der Waals surface area contributed by atoms with Crippen molar-refractivity contribution < 1.29 is 4.74 Å². The number of halogens is 1. The van der Waals surface area contributed by atoms with E-state index in [4.69, 9.17) is 4.74 Å². The van der Waals surface area contributed by atoms with Gasteiger partial charge >= 0.3 is 0 Å². The molecule has 2 aromatic heterocycles. The molecule has 62 valence electrons. The molecule has 12 heavy (non-hydrogen) atoms. The molecule has 0 aliphatic carbocycles. The normalized spacial score (nSPS) is 10.5. The van der Waals surface area contributed by atoms with E-state index < -0.39 is 0 Å². The minimum atomic E-state index is 0.664. The fourth-order valence-electron chi connectivity index (χ4n) is 0.984. The summed E-state index contributed by atoms with van der Waals surface area (Å²) >= 11 is 5.02. The number of rotatable bonds is 1. The third kappa shape index (κ3) is 1.32. The number of ether oxygens (including phenoxy) is 1. The topological polar surface area (TPSA) is 22.1 Å². The molecular formula is C8H6BrNOS. The molecule has 0 radical (unpaired) electrons. The first-order chi connectivity index (χ1) is 5.79. The summed E-state index contributed by atoms with van der Waals surface area (Å²) < 4.78 is 6.11. The molecule has 2 nitrogen and oxygen atoms in total. The summed E-state index contributed by atoms with van der Waals surface area (Å²) in [5.41, 5.74) is 0. The fraction of sp³-hybridized carbons (Fsp3) is 0.125. The lowest BCUT2D eigenvalue weighted by Crippen LogP contribution is -1.84. The van der Waals surface area contributed by atoms with Gasteiger partial charge in [-0.2, -0.15) is 0 Å². The number of hydrogen-bond acceptors (Lipinski definition) is 3. The van der Waals surface area contributed by atoms with Gasteiger partial charge in [0.15, 0.2) is 0 Å². The van der Waals surface area contributed by atoms with Crippen molar-refractivity contribution in [2.75, 3.05) is 7.11 Å². The summed E-state index contributed by atoms with van der Waals surface area (Å²) in [6, 6.07) is 5.91. The van der Waals surface area contributed by atoms with Crippen LogP contribution < -0.4 is 4.74 Å². The van der Waals surface area contributed by atoms with E-state index in [0.717, 1.165) is 14.0 Å². The number of thiophene rings is 1. The summed E-state index contributed by atoms with van der Waals surface area (Å²) in [6.07, 6.45) is 0. The van der Waals surface area contributed by atoms with Gasteiger partial charge < -0.3 is 4.74 Å². The van der Waals surface area contributed by atoms with Gasteiger partial charge in [0.25, 0.3) is 0 Å². The molecule has 2 rings (SSSR count). The lowest BCUT2D eigenvalue weighted by atomic mass is 10.3. The van der Waals surface area contributed by atoms with Gasteiger partial charge in [0.2, 0.25) is 5.88 Å². The van der Waals surface area contributed by atoms with Crippen molar-refractivity contribution in [3.8, 4) is 5.88 Å². The molecule has 0 aliphatic heterocycles. The summed E-state index contributed by atoms with van der Waals surface area (Å²) in [6.45, 7) is 0. The summed E-state index contributed by atoms with van der Waals surface area (Å²) in [5.74, 6) is 0.664. The van der Waals surface area contributed by atoms with Crippen molar-refractivity contribution in [1.29, 1.82) is 0 Å². The number of fused-ring (bicyclic) bond motifs is 1. The van der Waals surface area contributed by atoms with E-state index in [-0.39, 0.29) is 0 Å². The maximum absolute atomic E-state index is 5.01. The van der Waals surface area contributed by atoms with Gasteiger partial charge in [-0.1, -0.05) is 0 Å². The van der Waals surface area contributed by atoms with Crippen molar-refractivity contribution in [2.24, 2.45) is 0 Å². The molecule has 0 N–H and O–H groups in total. The highest BCUT2D eigenvalue weighted by atomic mass is 79.9. The fourth-order valence-corrected chi connectivity index (χ4v) is 2.44. The first kappa shape index (κ1) is 8.01. The zero-order valence-corrected chi connectivity index (χ0v) is 8.78. The first-order valence-electron chi connectivity index (χ1n) is 3.39. The van der Waals surface area contributed by atoms with E-state index >= 15 is 0 Å². The highest BCUT2D eigenvalue weighted by Gasteiger charge is 2.01. The zero-order chi connectivity index (χ0) is 8.55. The molecular weight excluding hydrogens is 238 g/mol. The van der Waals surface area contributed by atoms with Crippen molar-refractivity contribution in [3.63, 3.8) is 0 Å². The Kier molecular flexibility index (Phi) is 2.02. The van der Waals surface area contributed by atoms with Crippen LogP contribution in [0.4, 0.5) is 0 Å². The molecule has 0 atom stereocenters. The molecule has 0 saturated carbocycles. The van der Waals surface area contributed by atoms with E-state index in [1.807, 2.05) is 18.2 Å². The lowest BCUT2D eigenvalue weighted by molar-refractivity contribution is 0.400. The molecule has 0 amide bonds. The Morgan fingerprint density at radius 2 is 2.33 bits per heavy atom. The van der Waals surface area contributed by atoms with Crippen LogP contribution in [0.2, 0.25) is 0 Å². The van der Waals surface area contributed by atoms with Gasteiger partial charge in [0.1, 0.15) is 4.83 Å². The molecule has 2 aromatic rings. The van der Waals surface area contributed by atoms with Gasteiger partial charge in [0, 0.05) is 11.5 Å². The quantitative estimate of drug-likeness (QED) is 0.769. The predicted octanol–water partition coefficient (Wildman–Crippen LogP) is 3.07. The van der Waals surface area contributed by atoms with Gasteiger partial charge in [-0.25, -0.2) is 4.98 Å². The highest BCUT2D eigenvalue weighted by Crippen LogP contribution is 2.29. The van der Waals surface area contributed by atoms with E-state index in [2.05, 4.69) is 20.9 Å². The summed E-state index contributed by atoms with van der Waals surface area (Å²) in [4.78, 5) is 5.28. The average Bonchev–Trinajstić information content (AvgIpc) is 2.43. The third-order valence-corrected chi connectivity index (χ3v) is 3.08. The second-order valence-electron chi connectivity index (χ2n) is 2.30. The van der Waals surface area contributed by atoms with Crippen molar-refractivity contribution in [2.45, 2.75) is 0 Å². The van der Waals surface area contributed by atoms with Crippen LogP contribution in [0.25, 0.3) is 10.2 Å². The van der Waals surface area contributed by atoms with Crippen LogP contribution in [-0.2, 0) is 0 Å². The molecule has 0 spiro atoms. The largest absolute Gasteiger partial charge is 0.481 e. The Morgan fingerprint density at radius 3 is 3.08 bits per heavy atom. The SMILES string of the molecule is COc1ccc2cc(Br)sc2n1. The van der Waals surface area contributed by atoms with E-state index in [9.17, 15) is 0 Å². The first-order valence-corrected chi connectivity index (χ1v) is 5.00. The second kappa shape index (κ2) is 3.03. The number of methoxy groups -OCH3 is 1. The van der Waals surface area contributed by atoms with E-state index in [1.165, 1.54) is 0 Å². The van der Waals surface area contributed by atoms with Gasteiger partial charge in [-0.15, -0.1) is 11.3 Å². The molecule has 0 fully saturated rings.